The molecule has 1 atom stereocenters. The maximum absolute atomic E-state index is 12.4. The van der Waals surface area contributed by atoms with Crippen molar-refractivity contribution in [3.05, 3.63) is 65.0 Å². The number of aryl methyl sites for hydroxylation is 2. The lowest BCUT2D eigenvalue weighted by Gasteiger charge is -2.25. The Morgan fingerprint density at radius 1 is 1.11 bits per heavy atom. The van der Waals surface area contributed by atoms with Crippen molar-refractivity contribution >= 4 is 40.0 Å². The average molecular weight is 620 g/mol. The predicted molar refractivity (Wildman–Crippen MR) is 170 cm³/mol. The van der Waals surface area contributed by atoms with E-state index in [9.17, 15) is 4.79 Å². The largest absolute Gasteiger partial charge is 0.494 e. The predicted octanol–water partition coefficient (Wildman–Crippen LogP) is 5.04. The first-order valence-electron chi connectivity index (χ1n) is 15.3. The number of pyridine rings is 2. The quantitative estimate of drug-likeness (QED) is 0.235. The minimum atomic E-state index is -0.168. The summed E-state index contributed by atoms with van der Waals surface area (Å²) >= 11 is 0. The standard InChI is InChI=1S/C32H33N11O3/c1-19-34-28-24(37-23-10-7-9-22(29(23)45-4)30-38-40-41(3)39-30)18-21(36-32(28)43(19)27-12-5-6-16-46-27)17-20-13-14-25(31(33-2)35-20)42-15-8-11-26(42)44/h7,9-10,13-14,18,27H,5-6,8,11-12,15-17H2,1,3-4H3,(H,36,37). The summed E-state index contributed by atoms with van der Waals surface area (Å²) in [5, 5.41) is 16.1. The van der Waals surface area contributed by atoms with Crippen molar-refractivity contribution in [2.24, 2.45) is 7.05 Å². The fourth-order valence-corrected chi connectivity index (χ4v) is 6.21. The van der Waals surface area contributed by atoms with Crippen LogP contribution in [-0.4, -0.2) is 65.9 Å². The van der Waals surface area contributed by atoms with Crippen LogP contribution in [0.25, 0.3) is 27.4 Å². The molecule has 0 spiro atoms. The number of hydrogen-bond donors (Lipinski definition) is 1. The van der Waals surface area contributed by atoms with Crippen molar-refractivity contribution in [2.45, 2.75) is 51.7 Å². The monoisotopic (exact) mass is 619 g/mol. The second-order valence-corrected chi connectivity index (χ2v) is 11.4. The molecule has 7 rings (SSSR count). The molecular weight excluding hydrogens is 586 g/mol. The van der Waals surface area contributed by atoms with Crippen LogP contribution in [0.5, 0.6) is 5.75 Å². The maximum Gasteiger partial charge on any atom is 0.293 e. The molecular formula is C32H33N11O3. The molecule has 1 aromatic carbocycles. The summed E-state index contributed by atoms with van der Waals surface area (Å²) in [5.41, 5.74) is 5.45. The minimum Gasteiger partial charge on any atom is -0.494 e. The van der Waals surface area contributed by atoms with Crippen LogP contribution in [0.3, 0.4) is 0 Å². The third-order valence-electron chi connectivity index (χ3n) is 8.30. The Hall–Kier alpha value is -5.42. The van der Waals surface area contributed by atoms with Crippen molar-refractivity contribution in [1.82, 2.24) is 39.7 Å². The number of carbonyl (C=O) groups excluding carboxylic acids is 1. The molecule has 2 saturated heterocycles. The van der Waals surface area contributed by atoms with Gasteiger partial charge in [0.25, 0.3) is 5.82 Å². The number of methoxy groups -OCH3 is 1. The van der Waals surface area contributed by atoms with Gasteiger partial charge in [0.2, 0.25) is 11.7 Å². The van der Waals surface area contributed by atoms with Crippen molar-refractivity contribution in [3.63, 3.8) is 0 Å². The summed E-state index contributed by atoms with van der Waals surface area (Å²) in [6.07, 6.45) is 4.41. The summed E-state index contributed by atoms with van der Waals surface area (Å²) < 4.78 is 14.1. The van der Waals surface area contributed by atoms with Crippen LogP contribution < -0.4 is 15.0 Å². The topological polar surface area (TPSA) is 142 Å². The molecule has 14 heteroatoms. The van der Waals surface area contributed by atoms with Crippen molar-refractivity contribution in [1.29, 1.82) is 0 Å². The number of ether oxygens (including phenoxy) is 2. The molecule has 1 amide bonds. The first-order chi connectivity index (χ1) is 22.4. The number of anilines is 3. The van der Waals surface area contributed by atoms with E-state index in [0.717, 1.165) is 42.9 Å². The van der Waals surface area contributed by atoms with Crippen molar-refractivity contribution in [2.75, 3.05) is 30.5 Å². The third-order valence-corrected chi connectivity index (χ3v) is 8.30. The number of carbonyl (C=O) groups is 1. The first-order valence-corrected chi connectivity index (χ1v) is 15.3. The van der Waals surface area contributed by atoms with Gasteiger partial charge < -0.3 is 24.5 Å². The Kier molecular flexibility index (Phi) is 7.75. The molecule has 5 aromatic rings. The highest BCUT2D eigenvalue weighted by molar-refractivity contribution is 5.98. The number of fused-ring (bicyclic) bond motifs is 1. The minimum absolute atomic E-state index is 0.0189. The van der Waals surface area contributed by atoms with E-state index in [2.05, 4.69) is 35.1 Å². The fourth-order valence-electron chi connectivity index (χ4n) is 6.21. The van der Waals surface area contributed by atoms with Gasteiger partial charge in [0.1, 0.15) is 23.3 Å². The van der Waals surface area contributed by atoms with E-state index in [1.807, 2.05) is 43.3 Å². The Morgan fingerprint density at radius 3 is 2.72 bits per heavy atom. The molecule has 2 fully saturated rings. The van der Waals surface area contributed by atoms with E-state index in [0.29, 0.717) is 71.4 Å². The summed E-state index contributed by atoms with van der Waals surface area (Å²) in [7, 11) is 3.32. The van der Waals surface area contributed by atoms with Gasteiger partial charge in [-0.25, -0.2) is 9.97 Å². The lowest BCUT2D eigenvalue weighted by Crippen LogP contribution is -2.24. The van der Waals surface area contributed by atoms with E-state index >= 15 is 0 Å². The normalized spacial score (nSPS) is 16.6. The smallest absolute Gasteiger partial charge is 0.293 e. The van der Waals surface area contributed by atoms with Crippen LogP contribution in [0.4, 0.5) is 22.9 Å². The zero-order chi connectivity index (χ0) is 31.8. The van der Waals surface area contributed by atoms with Crippen LogP contribution in [0.15, 0.2) is 36.4 Å². The van der Waals surface area contributed by atoms with Gasteiger partial charge in [-0.3, -0.25) is 9.36 Å². The number of benzene rings is 1. The molecule has 2 aliphatic heterocycles. The van der Waals surface area contributed by atoms with E-state index in [-0.39, 0.29) is 18.0 Å². The molecule has 0 bridgehead atoms. The van der Waals surface area contributed by atoms with Crippen LogP contribution in [0.2, 0.25) is 0 Å². The molecule has 14 nitrogen and oxygen atoms in total. The van der Waals surface area contributed by atoms with Gasteiger partial charge in [0.15, 0.2) is 11.4 Å². The summed E-state index contributed by atoms with van der Waals surface area (Å²) in [6.45, 7) is 11.0. The van der Waals surface area contributed by atoms with Gasteiger partial charge >= 0.3 is 0 Å². The highest BCUT2D eigenvalue weighted by Crippen LogP contribution is 2.39. The van der Waals surface area contributed by atoms with E-state index in [1.165, 1.54) is 4.80 Å². The first kappa shape index (κ1) is 29.3. The molecule has 46 heavy (non-hydrogen) atoms. The highest BCUT2D eigenvalue weighted by Gasteiger charge is 2.27. The van der Waals surface area contributed by atoms with E-state index in [4.69, 9.17) is 26.0 Å². The van der Waals surface area contributed by atoms with Gasteiger partial charge in [0, 0.05) is 19.6 Å². The molecule has 0 aliphatic carbocycles. The number of nitrogens with zero attached hydrogens (tertiary/aromatic N) is 10. The van der Waals surface area contributed by atoms with Crippen LogP contribution in [-0.2, 0) is 23.0 Å². The Bertz CT molecular complexity index is 1990. The number of nitrogens with one attached hydrogen (secondary N) is 1. The number of aromatic nitrogens is 8. The number of amides is 1. The highest BCUT2D eigenvalue weighted by atomic mass is 16.5. The maximum atomic E-state index is 12.4. The molecule has 1 unspecified atom stereocenters. The molecule has 6 heterocycles. The van der Waals surface area contributed by atoms with Gasteiger partial charge in [0.05, 0.1) is 48.9 Å². The van der Waals surface area contributed by atoms with Crippen molar-refractivity contribution in [3.8, 4) is 17.1 Å². The number of hydrogen-bond acceptors (Lipinski definition) is 10. The lowest BCUT2D eigenvalue weighted by atomic mass is 10.1. The fraction of sp³-hybridized carbons (Fsp3) is 0.375. The number of rotatable bonds is 8. The van der Waals surface area contributed by atoms with Gasteiger partial charge in [-0.1, -0.05) is 12.6 Å². The molecule has 234 valence electrons. The number of para-hydroxylation sites is 1. The summed E-state index contributed by atoms with van der Waals surface area (Å²) in [5.74, 6) is 2.03. The average Bonchev–Trinajstić information content (AvgIpc) is 3.79. The van der Waals surface area contributed by atoms with Gasteiger partial charge in [-0.2, -0.15) is 4.80 Å². The SMILES string of the molecule is [C-]#[N+]c1nc(Cc2cc(Nc3cccc(-c4nnn(C)n4)c3OC)c3nc(C)n(C4CCCCO4)c3n2)ccc1N1CCCC1=O. The second-order valence-electron chi connectivity index (χ2n) is 11.4. The van der Waals surface area contributed by atoms with Crippen LogP contribution >= 0.6 is 0 Å². The second kappa shape index (κ2) is 12.2. The van der Waals surface area contributed by atoms with Gasteiger partial charge in [-0.05, 0) is 68.2 Å². The molecule has 0 radical (unpaired) electrons. The molecule has 4 aromatic heterocycles. The van der Waals surface area contributed by atoms with E-state index in [1.54, 1.807) is 19.1 Å². The zero-order valence-corrected chi connectivity index (χ0v) is 25.9. The lowest BCUT2D eigenvalue weighted by molar-refractivity contribution is -0.117. The number of imidazole rings is 1. The Labute approximate surface area is 265 Å². The Morgan fingerprint density at radius 2 is 2.00 bits per heavy atom. The third kappa shape index (κ3) is 5.39. The summed E-state index contributed by atoms with van der Waals surface area (Å²) in [6, 6.07) is 11.3. The van der Waals surface area contributed by atoms with E-state index < -0.39 is 0 Å². The van der Waals surface area contributed by atoms with Crippen LogP contribution in [0.1, 0.15) is 55.5 Å². The molecule has 1 N–H and O–H groups in total. The Balaban J connectivity index is 1.31. The molecule has 2 aliphatic rings. The van der Waals surface area contributed by atoms with Crippen LogP contribution in [0, 0.1) is 13.5 Å². The van der Waals surface area contributed by atoms with Gasteiger partial charge in [-0.15, -0.1) is 15.2 Å². The summed E-state index contributed by atoms with van der Waals surface area (Å²) in [4.78, 5) is 33.8. The molecule has 0 saturated carbocycles. The van der Waals surface area contributed by atoms with Crippen molar-refractivity contribution < 1.29 is 14.3 Å². The number of tetrazole rings is 1. The zero-order valence-electron chi connectivity index (χ0n) is 25.9.